The first-order valence-corrected chi connectivity index (χ1v) is 17.6. The summed E-state index contributed by atoms with van der Waals surface area (Å²) in [5.41, 5.74) is 7.16. The second-order valence-electron chi connectivity index (χ2n) is 13.3. The highest BCUT2D eigenvalue weighted by atomic mass is 35.5. The molecule has 1 amide bonds. The van der Waals surface area contributed by atoms with Gasteiger partial charge in [-0.2, -0.15) is 13.5 Å². The summed E-state index contributed by atoms with van der Waals surface area (Å²) in [5.74, 6) is -0.212. The van der Waals surface area contributed by atoms with Crippen molar-refractivity contribution in [2.24, 2.45) is 17.6 Å². The average molecular weight is 771 g/mol. The Morgan fingerprint density at radius 1 is 0.882 bits per heavy atom. The normalized spacial score (nSPS) is 19.1. The van der Waals surface area contributed by atoms with Gasteiger partial charge in [-0.15, -0.1) is 12.4 Å². The molecule has 3 aliphatic rings. The van der Waals surface area contributed by atoms with Crippen LogP contribution < -0.4 is 30.0 Å². The summed E-state index contributed by atoms with van der Waals surface area (Å²) in [6.45, 7) is -2.37. The van der Waals surface area contributed by atoms with Gasteiger partial charge in [-0.3, -0.25) is 4.79 Å². The number of ether oxygens (including phenoxy) is 4. The zero-order chi connectivity index (χ0) is 35.4. The highest BCUT2D eigenvalue weighted by Crippen LogP contribution is 2.38. The Kier molecular flexibility index (Phi) is 13.1. The fraction of sp³-hybridized carbons (Fsp3) is 0.472. The molecule has 0 spiro atoms. The number of benzene rings is 2. The number of halogens is 5. The molecule has 1 atom stereocenters. The fourth-order valence-corrected chi connectivity index (χ4v) is 6.43. The van der Waals surface area contributed by atoms with E-state index in [2.05, 4.69) is 5.32 Å². The van der Waals surface area contributed by atoms with Crippen LogP contribution in [0.3, 0.4) is 0 Å². The highest BCUT2D eigenvalue weighted by molar-refractivity contribution is 6.35. The number of pyridine rings is 1. The van der Waals surface area contributed by atoms with E-state index in [0.29, 0.717) is 46.5 Å². The largest absolute Gasteiger partial charge is 0.619 e. The summed E-state index contributed by atoms with van der Waals surface area (Å²) in [6, 6.07) is 8.92. The molecule has 0 aliphatic heterocycles. The first kappa shape index (κ1) is 38.6. The fourth-order valence-electron chi connectivity index (χ4n) is 5.83. The van der Waals surface area contributed by atoms with E-state index in [-0.39, 0.29) is 69.7 Å². The second kappa shape index (κ2) is 17.3. The second-order valence-corrected chi connectivity index (χ2v) is 14.1. The van der Waals surface area contributed by atoms with Crippen molar-refractivity contribution in [3.63, 3.8) is 0 Å². The van der Waals surface area contributed by atoms with Crippen LogP contribution in [0.1, 0.15) is 89.3 Å². The van der Waals surface area contributed by atoms with Crippen LogP contribution in [0.4, 0.5) is 8.78 Å². The van der Waals surface area contributed by atoms with Crippen molar-refractivity contribution >= 4 is 47.5 Å². The third-order valence-corrected chi connectivity index (χ3v) is 9.82. The number of nitrogens with two attached hydrogens (primary N) is 1. The third-order valence-electron chi connectivity index (χ3n) is 9.16. The number of esters is 1. The Hall–Kier alpha value is -3.58. The first-order chi connectivity index (χ1) is 24.0. The predicted octanol–water partition coefficient (Wildman–Crippen LogP) is 7.37. The van der Waals surface area contributed by atoms with Gasteiger partial charge in [0.1, 0.15) is 21.9 Å². The number of hydrogen-bond donors (Lipinski definition) is 2. The van der Waals surface area contributed by atoms with Crippen LogP contribution in [0.2, 0.25) is 10.0 Å². The molecule has 3 fully saturated rings. The lowest BCUT2D eigenvalue weighted by Crippen LogP contribution is -2.40. The maximum absolute atomic E-state index is 13.8. The van der Waals surface area contributed by atoms with Gasteiger partial charge in [-0.1, -0.05) is 29.3 Å². The van der Waals surface area contributed by atoms with Gasteiger partial charge >= 0.3 is 12.6 Å². The molecule has 276 valence electrons. The van der Waals surface area contributed by atoms with Crippen LogP contribution >= 0.6 is 35.6 Å². The van der Waals surface area contributed by atoms with Gasteiger partial charge in [0, 0.05) is 24.1 Å². The van der Waals surface area contributed by atoms with Crippen LogP contribution in [-0.4, -0.2) is 43.8 Å². The Balaban J connectivity index is 0.00000504. The maximum atomic E-state index is 13.8. The Labute approximate surface area is 310 Å². The van der Waals surface area contributed by atoms with Crippen LogP contribution in [-0.2, 0) is 11.2 Å². The molecule has 3 saturated carbocycles. The number of amides is 1. The van der Waals surface area contributed by atoms with Gasteiger partial charge in [0.2, 0.25) is 0 Å². The molecule has 1 aromatic heterocycles. The van der Waals surface area contributed by atoms with Crippen molar-refractivity contribution in [1.29, 1.82) is 0 Å². The lowest BCUT2D eigenvalue weighted by Gasteiger charge is -2.27. The molecular weight excluding hydrogens is 731 g/mol. The molecule has 6 rings (SSSR count). The standard InChI is InChI=1S/C36H39Cl2F2N3O7.ClH/c37-28-16-43(46)17-29(38)27(28)15-31(22-6-12-30(50-36(39)40)33(13-22)48-19-21-3-4-21)49-35(45)23-5-11-26(32(14-23)47-18-20-1-2-20)34(44)42-25-9-7-24(41)8-10-25;/h5-6,11-14,16-17,20-21,24-25,31,36H,1-4,7-10,15,18-19,41H2,(H,42,44);1H. The summed E-state index contributed by atoms with van der Waals surface area (Å²) in [6.07, 6.45) is 8.32. The molecule has 2 aromatic carbocycles. The predicted molar refractivity (Wildman–Crippen MR) is 188 cm³/mol. The van der Waals surface area contributed by atoms with Gasteiger partial charge < -0.3 is 35.2 Å². The SMILES string of the molecule is Cl.NC1CCC(NC(=O)c2ccc(C(=O)OC(Cc3c(Cl)c[n+]([O-])cc3Cl)c3ccc(OC(F)F)c(OCC4CC4)c3)cc2OCC2CC2)CC1. The van der Waals surface area contributed by atoms with Crippen molar-refractivity contribution in [3.8, 4) is 17.2 Å². The van der Waals surface area contributed by atoms with Gasteiger partial charge in [0.05, 0.1) is 24.3 Å². The summed E-state index contributed by atoms with van der Waals surface area (Å²) in [5, 5.41) is 15.1. The number of carbonyl (C=O) groups excluding carboxylic acids is 2. The average Bonchev–Trinajstić information content (AvgIpc) is 4.01. The molecule has 1 unspecified atom stereocenters. The Bertz CT molecular complexity index is 1680. The van der Waals surface area contributed by atoms with Gasteiger partial charge in [0.15, 0.2) is 23.9 Å². The molecule has 0 saturated heterocycles. The van der Waals surface area contributed by atoms with E-state index in [1.807, 2.05) is 0 Å². The Morgan fingerprint density at radius 3 is 2.12 bits per heavy atom. The number of nitrogens with one attached hydrogen (secondary N) is 1. The van der Waals surface area contributed by atoms with Crippen LogP contribution in [0.25, 0.3) is 0 Å². The van der Waals surface area contributed by atoms with E-state index in [1.165, 1.54) is 36.4 Å². The van der Waals surface area contributed by atoms with E-state index in [9.17, 15) is 23.6 Å². The quantitative estimate of drug-likeness (QED) is 0.0930. The zero-order valence-corrected chi connectivity index (χ0v) is 30.0. The third kappa shape index (κ3) is 10.7. The smallest absolute Gasteiger partial charge is 0.387 e. The molecule has 3 aromatic rings. The van der Waals surface area contributed by atoms with Crippen molar-refractivity contribution in [2.45, 2.75) is 82.6 Å². The van der Waals surface area contributed by atoms with Crippen molar-refractivity contribution < 1.29 is 42.0 Å². The van der Waals surface area contributed by atoms with Crippen LogP contribution in [0.5, 0.6) is 17.2 Å². The molecule has 0 bridgehead atoms. The monoisotopic (exact) mass is 769 g/mol. The molecule has 0 radical (unpaired) electrons. The van der Waals surface area contributed by atoms with E-state index >= 15 is 0 Å². The summed E-state index contributed by atoms with van der Waals surface area (Å²) in [4.78, 5) is 27.2. The zero-order valence-electron chi connectivity index (χ0n) is 27.7. The number of aromatic nitrogens is 1. The molecule has 51 heavy (non-hydrogen) atoms. The van der Waals surface area contributed by atoms with E-state index in [4.69, 9.17) is 47.9 Å². The number of alkyl halides is 2. The minimum atomic E-state index is -3.08. The minimum absolute atomic E-state index is 0. The number of rotatable bonds is 15. The number of carbonyl (C=O) groups is 2. The van der Waals surface area contributed by atoms with Crippen molar-refractivity contribution in [1.82, 2.24) is 5.32 Å². The number of nitrogens with zero attached hydrogens (tertiary/aromatic N) is 1. The molecular formula is C36H40Cl3F2N3O7. The van der Waals surface area contributed by atoms with Gasteiger partial charge in [-0.25, -0.2) is 4.79 Å². The maximum Gasteiger partial charge on any atom is 0.387 e. The van der Waals surface area contributed by atoms with E-state index in [0.717, 1.165) is 63.8 Å². The first-order valence-electron chi connectivity index (χ1n) is 16.8. The van der Waals surface area contributed by atoms with E-state index < -0.39 is 18.7 Å². The molecule has 10 nitrogen and oxygen atoms in total. The van der Waals surface area contributed by atoms with Gasteiger partial charge in [-0.05, 0) is 99.1 Å². The van der Waals surface area contributed by atoms with E-state index in [1.54, 1.807) is 0 Å². The summed E-state index contributed by atoms with van der Waals surface area (Å²) < 4.78 is 49.6. The molecule has 1 heterocycles. The Morgan fingerprint density at radius 2 is 1.51 bits per heavy atom. The van der Waals surface area contributed by atoms with Crippen LogP contribution in [0.15, 0.2) is 48.8 Å². The summed E-state index contributed by atoms with van der Waals surface area (Å²) in [7, 11) is 0. The van der Waals surface area contributed by atoms with Crippen molar-refractivity contribution in [3.05, 3.63) is 86.3 Å². The number of hydrogen-bond acceptors (Lipinski definition) is 8. The summed E-state index contributed by atoms with van der Waals surface area (Å²) >= 11 is 12.8. The molecule has 3 N–H and O–H groups in total. The molecule has 15 heteroatoms. The topological polar surface area (TPSA) is 136 Å². The molecule has 3 aliphatic carbocycles. The highest BCUT2D eigenvalue weighted by Gasteiger charge is 2.29. The van der Waals surface area contributed by atoms with Crippen molar-refractivity contribution in [2.75, 3.05) is 13.2 Å². The lowest BCUT2D eigenvalue weighted by molar-refractivity contribution is -0.605. The van der Waals surface area contributed by atoms with Gasteiger partial charge in [0.25, 0.3) is 5.91 Å². The minimum Gasteiger partial charge on any atom is -0.619 e. The lowest BCUT2D eigenvalue weighted by atomic mass is 9.91. The van der Waals surface area contributed by atoms with Crippen LogP contribution in [0, 0.1) is 17.0 Å².